The molecule has 6 heteroatoms. The van der Waals surface area contributed by atoms with Crippen LogP contribution in [0.5, 0.6) is 5.75 Å². The third-order valence-corrected chi connectivity index (χ3v) is 4.61. The number of aryl methyl sites for hydroxylation is 2. The molecule has 0 spiro atoms. The molecule has 0 atom stereocenters. The van der Waals surface area contributed by atoms with Crippen LogP contribution in [0.2, 0.25) is 5.02 Å². The third-order valence-electron chi connectivity index (χ3n) is 3.34. The highest BCUT2D eigenvalue weighted by atomic mass is 79.9. The maximum absolute atomic E-state index is 6.14. The van der Waals surface area contributed by atoms with Gasteiger partial charge in [-0.2, -0.15) is 5.10 Å². The molecule has 4 nitrogen and oxygen atoms in total. The zero-order valence-electron chi connectivity index (χ0n) is 12.2. The summed E-state index contributed by atoms with van der Waals surface area (Å²) in [5, 5.41) is 5.19. The van der Waals surface area contributed by atoms with E-state index >= 15 is 0 Å². The zero-order chi connectivity index (χ0) is 15.4. The number of hydrogen-bond acceptors (Lipinski definition) is 3. The molecular formula is C15H19BrClN3O. The minimum atomic E-state index is 0.351. The van der Waals surface area contributed by atoms with Gasteiger partial charge < -0.3 is 10.5 Å². The van der Waals surface area contributed by atoms with Crippen molar-refractivity contribution in [1.29, 1.82) is 0 Å². The number of ether oxygens (including phenoxy) is 1. The quantitative estimate of drug-likeness (QED) is 0.836. The highest BCUT2D eigenvalue weighted by Gasteiger charge is 2.15. The third kappa shape index (κ3) is 3.42. The molecule has 0 amide bonds. The Morgan fingerprint density at radius 1 is 1.38 bits per heavy atom. The molecule has 2 rings (SSSR count). The Labute approximate surface area is 138 Å². The van der Waals surface area contributed by atoms with Crippen molar-refractivity contribution in [3.63, 3.8) is 0 Å². The molecule has 1 aromatic heterocycles. The van der Waals surface area contributed by atoms with Crippen LogP contribution in [0.1, 0.15) is 30.8 Å². The maximum atomic E-state index is 6.14. The van der Waals surface area contributed by atoms with Gasteiger partial charge in [0.1, 0.15) is 12.4 Å². The molecule has 0 aliphatic carbocycles. The van der Waals surface area contributed by atoms with E-state index in [1.54, 1.807) is 0 Å². The molecule has 1 aromatic carbocycles. The fourth-order valence-electron chi connectivity index (χ4n) is 2.17. The lowest BCUT2D eigenvalue weighted by atomic mass is 10.2. The fourth-order valence-corrected chi connectivity index (χ4v) is 3.10. The van der Waals surface area contributed by atoms with Gasteiger partial charge in [0.15, 0.2) is 0 Å². The van der Waals surface area contributed by atoms with Crippen molar-refractivity contribution in [2.45, 2.75) is 40.0 Å². The van der Waals surface area contributed by atoms with Crippen LogP contribution in [0.4, 0.5) is 0 Å². The predicted octanol–water partition coefficient (Wildman–Crippen LogP) is 3.92. The first-order valence-corrected chi connectivity index (χ1v) is 8.13. The van der Waals surface area contributed by atoms with Crippen molar-refractivity contribution >= 4 is 27.5 Å². The molecule has 0 saturated heterocycles. The van der Waals surface area contributed by atoms with E-state index in [0.29, 0.717) is 18.2 Å². The topological polar surface area (TPSA) is 53.1 Å². The van der Waals surface area contributed by atoms with Crippen molar-refractivity contribution in [1.82, 2.24) is 9.78 Å². The Bertz CT molecular complexity index is 628. The van der Waals surface area contributed by atoms with E-state index in [4.69, 9.17) is 22.1 Å². The Hall–Kier alpha value is -1.04. The Balaban J connectivity index is 2.24. The van der Waals surface area contributed by atoms with Crippen LogP contribution in [0.25, 0.3) is 0 Å². The van der Waals surface area contributed by atoms with Gasteiger partial charge in [-0.15, -0.1) is 0 Å². The monoisotopic (exact) mass is 371 g/mol. The van der Waals surface area contributed by atoms with Crippen molar-refractivity contribution < 1.29 is 4.74 Å². The van der Waals surface area contributed by atoms with Gasteiger partial charge in [0.2, 0.25) is 0 Å². The smallest absolute Gasteiger partial charge is 0.131 e. The number of halogens is 2. The second-order valence-electron chi connectivity index (χ2n) is 4.59. The number of benzene rings is 1. The number of rotatable bonds is 6. The number of nitrogens with two attached hydrogens (primary N) is 1. The lowest BCUT2D eigenvalue weighted by molar-refractivity contribution is 0.289. The van der Waals surface area contributed by atoms with Crippen molar-refractivity contribution in [2.75, 3.05) is 0 Å². The SMILES string of the molecule is CCc1nn(CC)c(COc2cccc(Cl)c2CN)c1Br. The fraction of sp³-hybridized carbons (Fsp3) is 0.400. The summed E-state index contributed by atoms with van der Waals surface area (Å²) < 4.78 is 8.89. The van der Waals surface area contributed by atoms with Crippen molar-refractivity contribution in [2.24, 2.45) is 5.73 Å². The van der Waals surface area contributed by atoms with E-state index < -0.39 is 0 Å². The molecule has 0 saturated carbocycles. The number of hydrogen-bond donors (Lipinski definition) is 1. The van der Waals surface area contributed by atoms with E-state index in [1.165, 1.54) is 0 Å². The maximum Gasteiger partial charge on any atom is 0.131 e. The minimum absolute atomic E-state index is 0.351. The van der Waals surface area contributed by atoms with E-state index in [1.807, 2.05) is 22.9 Å². The highest BCUT2D eigenvalue weighted by molar-refractivity contribution is 9.10. The summed E-state index contributed by atoms with van der Waals surface area (Å²) in [5.41, 5.74) is 8.64. The Morgan fingerprint density at radius 2 is 2.14 bits per heavy atom. The van der Waals surface area contributed by atoms with Gasteiger partial charge in [0.05, 0.1) is 15.9 Å². The molecule has 114 valence electrons. The molecule has 0 radical (unpaired) electrons. The summed E-state index contributed by atoms with van der Waals surface area (Å²) in [6.45, 7) is 5.73. The molecule has 0 aliphatic rings. The molecule has 21 heavy (non-hydrogen) atoms. The largest absolute Gasteiger partial charge is 0.487 e. The van der Waals surface area contributed by atoms with Gasteiger partial charge in [-0.1, -0.05) is 24.6 Å². The average molecular weight is 373 g/mol. The average Bonchev–Trinajstić information content (AvgIpc) is 2.80. The molecule has 0 bridgehead atoms. The first-order valence-electron chi connectivity index (χ1n) is 6.96. The Kier molecular flexibility index (Phi) is 5.67. The van der Waals surface area contributed by atoms with Gasteiger partial charge in [0, 0.05) is 23.7 Å². The minimum Gasteiger partial charge on any atom is -0.487 e. The lowest BCUT2D eigenvalue weighted by Crippen LogP contribution is -2.08. The van der Waals surface area contributed by atoms with Gasteiger partial charge >= 0.3 is 0 Å². The van der Waals surface area contributed by atoms with E-state index in [-0.39, 0.29) is 0 Å². The van der Waals surface area contributed by atoms with Gasteiger partial charge in [0.25, 0.3) is 0 Å². The molecule has 0 unspecified atom stereocenters. The summed E-state index contributed by atoms with van der Waals surface area (Å²) in [4.78, 5) is 0. The van der Waals surface area contributed by atoms with Gasteiger partial charge in [-0.3, -0.25) is 4.68 Å². The van der Waals surface area contributed by atoms with Crippen LogP contribution in [-0.2, 0) is 26.1 Å². The van der Waals surface area contributed by atoms with Crippen LogP contribution in [0.15, 0.2) is 22.7 Å². The van der Waals surface area contributed by atoms with E-state index in [2.05, 4.69) is 34.9 Å². The summed E-state index contributed by atoms with van der Waals surface area (Å²) >= 11 is 9.75. The van der Waals surface area contributed by atoms with Crippen LogP contribution in [-0.4, -0.2) is 9.78 Å². The number of aromatic nitrogens is 2. The predicted molar refractivity (Wildman–Crippen MR) is 88.7 cm³/mol. The normalized spacial score (nSPS) is 10.9. The molecule has 2 N–H and O–H groups in total. The van der Waals surface area contributed by atoms with E-state index in [0.717, 1.165) is 40.1 Å². The van der Waals surface area contributed by atoms with Crippen LogP contribution < -0.4 is 10.5 Å². The van der Waals surface area contributed by atoms with Crippen LogP contribution in [0.3, 0.4) is 0 Å². The van der Waals surface area contributed by atoms with Crippen molar-refractivity contribution in [3.05, 3.63) is 44.6 Å². The van der Waals surface area contributed by atoms with E-state index in [9.17, 15) is 0 Å². The lowest BCUT2D eigenvalue weighted by Gasteiger charge is -2.12. The van der Waals surface area contributed by atoms with Gasteiger partial charge in [-0.25, -0.2) is 0 Å². The first-order chi connectivity index (χ1) is 10.1. The Morgan fingerprint density at radius 3 is 2.76 bits per heavy atom. The van der Waals surface area contributed by atoms with Crippen LogP contribution in [0, 0.1) is 0 Å². The highest BCUT2D eigenvalue weighted by Crippen LogP contribution is 2.28. The van der Waals surface area contributed by atoms with Gasteiger partial charge in [-0.05, 0) is 41.4 Å². The second kappa shape index (κ2) is 7.29. The summed E-state index contributed by atoms with van der Waals surface area (Å²) in [7, 11) is 0. The molecule has 0 aliphatic heterocycles. The molecule has 0 fully saturated rings. The summed E-state index contributed by atoms with van der Waals surface area (Å²) in [6.07, 6.45) is 0.881. The number of nitrogens with zero attached hydrogens (tertiary/aromatic N) is 2. The zero-order valence-corrected chi connectivity index (χ0v) is 14.5. The van der Waals surface area contributed by atoms with Crippen LogP contribution >= 0.6 is 27.5 Å². The molecule has 1 heterocycles. The summed E-state index contributed by atoms with van der Waals surface area (Å²) in [6, 6.07) is 5.56. The first kappa shape index (κ1) is 16.3. The molecule has 2 aromatic rings. The second-order valence-corrected chi connectivity index (χ2v) is 5.79. The molecular weight excluding hydrogens is 354 g/mol. The standard InChI is InChI=1S/C15H19BrClN3O/c1-3-12-15(16)13(20(4-2)19-12)9-21-14-7-5-6-11(17)10(14)8-18/h5-7H,3-4,8-9,18H2,1-2H3. The van der Waals surface area contributed by atoms with Crippen molar-refractivity contribution in [3.8, 4) is 5.75 Å². The summed E-state index contributed by atoms with van der Waals surface area (Å²) in [5.74, 6) is 0.721.